The van der Waals surface area contributed by atoms with Gasteiger partial charge in [0.2, 0.25) is 0 Å². The number of piperidine rings is 1. The Bertz CT molecular complexity index is 1380. The highest BCUT2D eigenvalue weighted by atomic mass is 15.3. The molecule has 10 heteroatoms. The summed E-state index contributed by atoms with van der Waals surface area (Å²) in [5.41, 5.74) is 13.1. The van der Waals surface area contributed by atoms with E-state index in [4.69, 9.17) is 15.7 Å². The van der Waals surface area contributed by atoms with Gasteiger partial charge < -0.3 is 15.5 Å². The monoisotopic (exact) mass is 456 g/mol. The minimum Gasteiger partial charge on any atom is -0.355 e. The van der Waals surface area contributed by atoms with Crippen LogP contribution in [0.1, 0.15) is 42.3 Å². The van der Waals surface area contributed by atoms with E-state index in [1.54, 1.807) is 0 Å². The van der Waals surface area contributed by atoms with Crippen molar-refractivity contribution in [2.45, 2.75) is 38.1 Å². The Morgan fingerprint density at radius 1 is 1.15 bits per heavy atom. The van der Waals surface area contributed by atoms with Crippen LogP contribution in [-0.2, 0) is 19.9 Å². The van der Waals surface area contributed by atoms with E-state index in [1.165, 1.54) is 11.3 Å². The molecule has 1 spiro atoms. The standard InChI is InChI=1S/C24H28N10/c1-32-18-12-24(21(25)15(18)13-28-32)6-10-33(11-7-24)19-14-27-20-22(29-19)30-31-23(20)34-9-3-4-16-17(34)5-2-8-26-16/h2,5,8,13-14,21H,3-4,6-7,9-12,25H2,1H3,(H,29,30,31)/t21-/m1/s1. The maximum atomic E-state index is 6.71. The summed E-state index contributed by atoms with van der Waals surface area (Å²) in [7, 11) is 2.02. The van der Waals surface area contributed by atoms with Gasteiger partial charge in [0.25, 0.3) is 0 Å². The van der Waals surface area contributed by atoms with Gasteiger partial charge >= 0.3 is 0 Å². The molecule has 7 rings (SSSR count). The van der Waals surface area contributed by atoms with Crippen LogP contribution < -0.4 is 15.5 Å². The predicted octanol–water partition coefficient (Wildman–Crippen LogP) is 2.41. The Hall–Kier alpha value is -3.53. The normalized spacial score (nSPS) is 21.3. The molecule has 10 nitrogen and oxygen atoms in total. The molecule has 0 amide bonds. The molecule has 0 unspecified atom stereocenters. The van der Waals surface area contributed by atoms with Gasteiger partial charge in [-0.15, -0.1) is 0 Å². The van der Waals surface area contributed by atoms with Crippen LogP contribution in [0.4, 0.5) is 17.3 Å². The lowest BCUT2D eigenvalue weighted by Gasteiger charge is -2.42. The fourth-order valence-corrected chi connectivity index (χ4v) is 6.13. The molecule has 0 radical (unpaired) electrons. The van der Waals surface area contributed by atoms with E-state index in [9.17, 15) is 0 Å². The predicted molar refractivity (Wildman–Crippen MR) is 129 cm³/mol. The van der Waals surface area contributed by atoms with Gasteiger partial charge in [-0.25, -0.2) is 9.97 Å². The molecular formula is C24H28N10. The number of rotatable bonds is 2. The maximum absolute atomic E-state index is 6.71. The number of aromatic amines is 1. The van der Waals surface area contributed by atoms with Crippen molar-refractivity contribution in [1.29, 1.82) is 0 Å². The summed E-state index contributed by atoms with van der Waals surface area (Å²) in [6.07, 6.45) is 10.8. The Kier molecular flexibility index (Phi) is 4.23. The number of hydrogen-bond acceptors (Lipinski definition) is 8. The van der Waals surface area contributed by atoms with Crippen molar-refractivity contribution in [3.63, 3.8) is 0 Å². The SMILES string of the molecule is Cn1ncc2c1CC1(CCN(c3cnc4c(N5CCCc6ncccc65)n[nH]c4n3)CC1)[C@@H]2N. The molecule has 0 saturated carbocycles. The van der Waals surface area contributed by atoms with Gasteiger partial charge in [0.05, 0.1) is 23.8 Å². The van der Waals surface area contributed by atoms with Crippen LogP contribution in [0.3, 0.4) is 0 Å². The number of aryl methyl sites for hydroxylation is 2. The number of nitrogens with two attached hydrogens (primary N) is 1. The van der Waals surface area contributed by atoms with Crippen molar-refractivity contribution in [2.24, 2.45) is 18.2 Å². The summed E-state index contributed by atoms with van der Waals surface area (Å²) in [4.78, 5) is 18.8. The first-order valence-corrected chi connectivity index (χ1v) is 12.1. The third-order valence-corrected chi connectivity index (χ3v) is 8.14. The van der Waals surface area contributed by atoms with E-state index >= 15 is 0 Å². The highest BCUT2D eigenvalue weighted by molar-refractivity contribution is 5.87. The average molecular weight is 457 g/mol. The van der Waals surface area contributed by atoms with Crippen LogP contribution in [0.25, 0.3) is 11.2 Å². The molecule has 1 saturated heterocycles. The van der Waals surface area contributed by atoms with E-state index in [1.807, 2.05) is 36.4 Å². The molecule has 1 fully saturated rings. The number of H-pyrrole nitrogens is 1. The highest BCUT2D eigenvalue weighted by Crippen LogP contribution is 2.50. The molecule has 4 aromatic heterocycles. The van der Waals surface area contributed by atoms with Crippen LogP contribution in [0.5, 0.6) is 0 Å². The molecule has 0 bridgehead atoms. The second kappa shape index (κ2) is 7.23. The summed E-state index contributed by atoms with van der Waals surface area (Å²) >= 11 is 0. The van der Waals surface area contributed by atoms with Crippen molar-refractivity contribution >= 4 is 28.5 Å². The van der Waals surface area contributed by atoms with Crippen LogP contribution in [-0.4, -0.2) is 54.6 Å². The van der Waals surface area contributed by atoms with E-state index in [0.717, 1.165) is 85.9 Å². The molecule has 0 aromatic carbocycles. The molecule has 1 atom stereocenters. The second-order valence-corrected chi connectivity index (χ2v) is 9.87. The number of aromatic nitrogens is 7. The van der Waals surface area contributed by atoms with E-state index in [-0.39, 0.29) is 11.5 Å². The first-order chi connectivity index (χ1) is 16.6. The van der Waals surface area contributed by atoms with Crippen molar-refractivity contribution in [2.75, 3.05) is 29.4 Å². The molecule has 4 aromatic rings. The van der Waals surface area contributed by atoms with Crippen LogP contribution >= 0.6 is 0 Å². The van der Waals surface area contributed by atoms with E-state index in [2.05, 4.69) is 36.1 Å². The molecular weight excluding hydrogens is 428 g/mol. The van der Waals surface area contributed by atoms with Crippen molar-refractivity contribution in [1.82, 2.24) is 34.9 Å². The van der Waals surface area contributed by atoms with Gasteiger partial charge in [-0.3, -0.25) is 14.8 Å². The van der Waals surface area contributed by atoms with Gasteiger partial charge in [-0.2, -0.15) is 10.2 Å². The Morgan fingerprint density at radius 2 is 2.03 bits per heavy atom. The Balaban J connectivity index is 1.13. The third kappa shape index (κ3) is 2.81. The lowest BCUT2D eigenvalue weighted by molar-refractivity contribution is 0.184. The number of nitrogens with one attached hydrogen (secondary N) is 1. The molecule has 34 heavy (non-hydrogen) atoms. The zero-order valence-electron chi connectivity index (χ0n) is 19.3. The highest BCUT2D eigenvalue weighted by Gasteiger charge is 2.47. The van der Waals surface area contributed by atoms with Gasteiger partial charge in [-0.05, 0) is 49.7 Å². The van der Waals surface area contributed by atoms with Crippen LogP contribution in [0.2, 0.25) is 0 Å². The molecule has 6 heterocycles. The molecule has 3 aliphatic rings. The zero-order chi connectivity index (χ0) is 22.9. The van der Waals surface area contributed by atoms with E-state index < -0.39 is 0 Å². The van der Waals surface area contributed by atoms with Gasteiger partial charge in [0.15, 0.2) is 17.0 Å². The largest absolute Gasteiger partial charge is 0.355 e. The summed E-state index contributed by atoms with van der Waals surface area (Å²) < 4.78 is 1.99. The number of anilines is 3. The number of nitrogens with zero attached hydrogens (tertiary/aromatic N) is 8. The molecule has 2 aliphatic heterocycles. The molecule has 3 N–H and O–H groups in total. The fourth-order valence-electron chi connectivity index (χ4n) is 6.13. The average Bonchev–Trinajstić information content (AvgIpc) is 3.53. The fraction of sp³-hybridized carbons (Fsp3) is 0.458. The summed E-state index contributed by atoms with van der Waals surface area (Å²) in [6.45, 7) is 2.73. The minimum absolute atomic E-state index is 0.0592. The first-order valence-electron chi connectivity index (χ1n) is 12.1. The molecule has 174 valence electrons. The lowest BCUT2D eigenvalue weighted by Crippen LogP contribution is -2.44. The Morgan fingerprint density at radius 3 is 2.88 bits per heavy atom. The van der Waals surface area contributed by atoms with Gasteiger partial charge in [0.1, 0.15) is 5.82 Å². The number of fused-ring (bicyclic) bond motifs is 3. The van der Waals surface area contributed by atoms with E-state index in [0.29, 0.717) is 0 Å². The topological polar surface area (TPSA) is 118 Å². The zero-order valence-corrected chi connectivity index (χ0v) is 19.3. The van der Waals surface area contributed by atoms with Crippen molar-refractivity contribution < 1.29 is 0 Å². The first kappa shape index (κ1) is 19.9. The summed E-state index contributed by atoms with van der Waals surface area (Å²) in [5, 5.41) is 12.1. The maximum Gasteiger partial charge on any atom is 0.183 e. The Labute approximate surface area is 197 Å². The van der Waals surface area contributed by atoms with Crippen molar-refractivity contribution in [3.8, 4) is 0 Å². The number of pyridine rings is 1. The second-order valence-electron chi connectivity index (χ2n) is 9.87. The van der Waals surface area contributed by atoms with Crippen LogP contribution in [0, 0.1) is 5.41 Å². The quantitative estimate of drug-likeness (QED) is 0.472. The smallest absolute Gasteiger partial charge is 0.183 e. The van der Waals surface area contributed by atoms with Gasteiger partial charge in [-0.1, -0.05) is 0 Å². The van der Waals surface area contributed by atoms with Crippen molar-refractivity contribution in [3.05, 3.63) is 47.7 Å². The lowest BCUT2D eigenvalue weighted by atomic mass is 9.73. The number of hydrogen-bond donors (Lipinski definition) is 2. The summed E-state index contributed by atoms with van der Waals surface area (Å²) in [5.74, 6) is 1.72. The summed E-state index contributed by atoms with van der Waals surface area (Å²) in [6, 6.07) is 4.14. The molecule has 1 aliphatic carbocycles. The van der Waals surface area contributed by atoms with Gasteiger partial charge in [0, 0.05) is 50.2 Å². The minimum atomic E-state index is 0.0592. The van der Waals surface area contributed by atoms with Crippen LogP contribution in [0.15, 0.2) is 30.7 Å². The third-order valence-electron chi connectivity index (χ3n) is 8.14.